The average molecular weight is 307 g/mol. The van der Waals surface area contributed by atoms with Crippen LogP contribution in [0.2, 0.25) is 0 Å². The Morgan fingerprint density at radius 2 is 1.83 bits per heavy atom. The highest BCUT2D eigenvalue weighted by Gasteiger charge is 2.39. The third-order valence-electron chi connectivity index (χ3n) is 5.29. The normalized spacial score (nSPS) is 25.1. The van der Waals surface area contributed by atoms with Crippen LogP contribution in [0.15, 0.2) is 54.6 Å². The Labute approximate surface area is 137 Å². The third kappa shape index (κ3) is 2.28. The molecule has 2 aliphatic rings. The number of benzene rings is 2. The Bertz CT molecular complexity index is 762. The lowest BCUT2D eigenvalue weighted by atomic mass is 9.75. The van der Waals surface area contributed by atoms with E-state index in [4.69, 9.17) is 0 Å². The molecule has 2 aromatic rings. The molecule has 1 nitrogen and oxygen atoms in total. The third-order valence-corrected chi connectivity index (χ3v) is 5.29. The van der Waals surface area contributed by atoms with E-state index in [1.807, 2.05) is 12.1 Å². The van der Waals surface area contributed by atoms with Gasteiger partial charge in [0.15, 0.2) is 0 Å². The average Bonchev–Trinajstić information content (AvgIpc) is 3.04. The van der Waals surface area contributed by atoms with Crippen LogP contribution in [-0.4, -0.2) is 0 Å². The summed E-state index contributed by atoms with van der Waals surface area (Å²) in [6.45, 7) is 4.43. The number of hydrogen-bond donors (Lipinski definition) is 1. The van der Waals surface area contributed by atoms with Crippen LogP contribution in [0.3, 0.4) is 0 Å². The fraction of sp³-hybridized carbons (Fsp3) is 0.333. The monoisotopic (exact) mass is 307 g/mol. The lowest BCUT2D eigenvalue weighted by molar-refractivity contribution is 0.412. The van der Waals surface area contributed by atoms with E-state index in [0.717, 1.165) is 12.0 Å². The molecule has 1 aliphatic carbocycles. The smallest absolute Gasteiger partial charge is 0.128 e. The SMILES string of the molecule is CC(C)c1cccc2c1N[C@H](c1ccccc1F)[C@@H]1CC=C[C@@H]21. The number of allylic oxidation sites excluding steroid dienone is 2. The van der Waals surface area contributed by atoms with Crippen LogP contribution in [0.1, 0.15) is 54.8 Å². The van der Waals surface area contributed by atoms with Crippen molar-refractivity contribution in [2.24, 2.45) is 5.92 Å². The number of para-hydroxylation sites is 1. The van der Waals surface area contributed by atoms with Crippen LogP contribution in [0, 0.1) is 11.7 Å². The van der Waals surface area contributed by atoms with E-state index < -0.39 is 0 Å². The Morgan fingerprint density at radius 3 is 2.61 bits per heavy atom. The van der Waals surface area contributed by atoms with Gasteiger partial charge < -0.3 is 5.32 Å². The summed E-state index contributed by atoms with van der Waals surface area (Å²) in [6, 6.07) is 13.8. The molecule has 0 saturated carbocycles. The van der Waals surface area contributed by atoms with Crippen molar-refractivity contribution in [1.29, 1.82) is 0 Å². The minimum Gasteiger partial charge on any atom is -0.377 e. The van der Waals surface area contributed by atoms with Gasteiger partial charge in [-0.15, -0.1) is 0 Å². The number of rotatable bonds is 2. The van der Waals surface area contributed by atoms with Crippen molar-refractivity contribution in [1.82, 2.24) is 0 Å². The van der Waals surface area contributed by atoms with Crippen LogP contribution in [-0.2, 0) is 0 Å². The first kappa shape index (κ1) is 14.5. The van der Waals surface area contributed by atoms with E-state index in [0.29, 0.717) is 17.8 Å². The molecular weight excluding hydrogens is 285 g/mol. The Morgan fingerprint density at radius 1 is 1.04 bits per heavy atom. The van der Waals surface area contributed by atoms with Crippen LogP contribution >= 0.6 is 0 Å². The highest BCUT2D eigenvalue weighted by atomic mass is 19.1. The summed E-state index contributed by atoms with van der Waals surface area (Å²) in [5.74, 6) is 1.11. The maximum absolute atomic E-state index is 14.4. The van der Waals surface area contributed by atoms with Crippen molar-refractivity contribution in [2.75, 3.05) is 5.32 Å². The van der Waals surface area contributed by atoms with Gasteiger partial charge in [-0.3, -0.25) is 0 Å². The fourth-order valence-corrected chi connectivity index (χ4v) is 4.16. The zero-order chi connectivity index (χ0) is 16.0. The van der Waals surface area contributed by atoms with Crippen LogP contribution in [0.25, 0.3) is 0 Å². The summed E-state index contributed by atoms with van der Waals surface area (Å²) in [5, 5.41) is 3.70. The predicted molar refractivity (Wildman–Crippen MR) is 93.3 cm³/mol. The van der Waals surface area contributed by atoms with Gasteiger partial charge in [0.25, 0.3) is 0 Å². The second-order valence-electron chi connectivity index (χ2n) is 6.96. The molecule has 2 aromatic carbocycles. The highest BCUT2D eigenvalue weighted by Crippen LogP contribution is 2.51. The van der Waals surface area contributed by atoms with Gasteiger partial charge in [-0.05, 0) is 35.4 Å². The minimum atomic E-state index is -0.110. The van der Waals surface area contributed by atoms with E-state index in [9.17, 15) is 4.39 Å². The van der Waals surface area contributed by atoms with Gasteiger partial charge in [0.1, 0.15) is 5.82 Å². The largest absolute Gasteiger partial charge is 0.377 e. The van der Waals surface area contributed by atoms with Gasteiger partial charge in [-0.1, -0.05) is 62.4 Å². The van der Waals surface area contributed by atoms with Gasteiger partial charge in [0.05, 0.1) is 6.04 Å². The summed E-state index contributed by atoms with van der Waals surface area (Å²) in [7, 11) is 0. The molecule has 0 saturated heterocycles. The zero-order valence-corrected chi connectivity index (χ0v) is 13.6. The summed E-state index contributed by atoms with van der Waals surface area (Å²) in [4.78, 5) is 0. The van der Waals surface area contributed by atoms with Gasteiger partial charge in [0, 0.05) is 17.2 Å². The van der Waals surface area contributed by atoms with Crippen molar-refractivity contribution in [3.8, 4) is 0 Å². The predicted octanol–water partition coefficient (Wildman–Crippen LogP) is 5.78. The summed E-state index contributed by atoms with van der Waals surface area (Å²) in [5.41, 5.74) is 4.68. The number of nitrogens with one attached hydrogen (secondary N) is 1. The number of halogens is 1. The Hall–Kier alpha value is -2.09. The number of anilines is 1. The molecule has 118 valence electrons. The van der Waals surface area contributed by atoms with Crippen molar-refractivity contribution in [2.45, 2.75) is 38.1 Å². The molecule has 1 N–H and O–H groups in total. The van der Waals surface area contributed by atoms with Crippen molar-refractivity contribution in [3.05, 3.63) is 77.1 Å². The van der Waals surface area contributed by atoms with Gasteiger partial charge >= 0.3 is 0 Å². The molecule has 4 rings (SSSR count). The maximum Gasteiger partial charge on any atom is 0.128 e. The molecule has 0 spiro atoms. The van der Waals surface area contributed by atoms with E-state index in [-0.39, 0.29) is 11.9 Å². The van der Waals surface area contributed by atoms with Crippen molar-refractivity contribution >= 4 is 5.69 Å². The molecule has 0 radical (unpaired) electrons. The topological polar surface area (TPSA) is 12.0 Å². The Kier molecular flexibility index (Phi) is 3.48. The number of fused-ring (bicyclic) bond motifs is 3. The van der Waals surface area contributed by atoms with Crippen LogP contribution in [0.5, 0.6) is 0 Å². The van der Waals surface area contributed by atoms with Gasteiger partial charge in [-0.25, -0.2) is 4.39 Å². The quantitative estimate of drug-likeness (QED) is 0.694. The van der Waals surface area contributed by atoms with Crippen molar-refractivity contribution < 1.29 is 4.39 Å². The second-order valence-corrected chi connectivity index (χ2v) is 6.96. The van der Waals surface area contributed by atoms with Gasteiger partial charge in [-0.2, -0.15) is 0 Å². The molecule has 3 atom stereocenters. The molecule has 2 heteroatoms. The molecule has 23 heavy (non-hydrogen) atoms. The molecule has 1 aliphatic heterocycles. The highest BCUT2D eigenvalue weighted by molar-refractivity contribution is 5.65. The van der Waals surface area contributed by atoms with Crippen molar-refractivity contribution in [3.63, 3.8) is 0 Å². The lowest BCUT2D eigenvalue weighted by Crippen LogP contribution is -2.30. The second kappa shape index (κ2) is 5.52. The molecule has 0 unspecified atom stereocenters. The minimum absolute atomic E-state index is 0.0311. The molecule has 0 aromatic heterocycles. The standard InChI is InChI=1S/C21H22FN/c1-13(2)14-8-5-10-16-15-9-6-11-17(15)21(23-20(14)16)18-7-3-4-12-19(18)22/h3-10,12-13,15,17,21,23H,11H2,1-2H3/t15-,17+,21-/m0/s1. The molecular formula is C21H22FN. The summed E-state index contributed by atoms with van der Waals surface area (Å²) in [6.07, 6.45) is 5.56. The molecule has 0 amide bonds. The summed E-state index contributed by atoms with van der Waals surface area (Å²) < 4.78 is 14.4. The molecule has 0 bridgehead atoms. The Balaban J connectivity index is 1.86. The van der Waals surface area contributed by atoms with Crippen LogP contribution < -0.4 is 5.32 Å². The first-order chi connectivity index (χ1) is 11.2. The lowest BCUT2D eigenvalue weighted by Gasteiger charge is -2.39. The maximum atomic E-state index is 14.4. The first-order valence-electron chi connectivity index (χ1n) is 8.47. The fourth-order valence-electron chi connectivity index (χ4n) is 4.16. The summed E-state index contributed by atoms with van der Waals surface area (Å²) >= 11 is 0. The first-order valence-corrected chi connectivity index (χ1v) is 8.47. The number of hydrogen-bond acceptors (Lipinski definition) is 1. The van der Waals surface area contributed by atoms with Gasteiger partial charge in [0.2, 0.25) is 0 Å². The zero-order valence-electron chi connectivity index (χ0n) is 13.6. The molecule has 0 fully saturated rings. The van der Waals surface area contributed by atoms with E-state index in [2.05, 4.69) is 49.5 Å². The molecule has 1 heterocycles. The van der Waals surface area contributed by atoms with Crippen LogP contribution in [0.4, 0.5) is 10.1 Å². The van der Waals surface area contributed by atoms with E-state index in [1.54, 1.807) is 12.1 Å². The van der Waals surface area contributed by atoms with E-state index >= 15 is 0 Å². The van der Waals surface area contributed by atoms with E-state index in [1.165, 1.54) is 16.8 Å².